The van der Waals surface area contributed by atoms with Gasteiger partial charge in [-0.1, -0.05) is 23.1 Å². The first-order chi connectivity index (χ1) is 9.54. The lowest BCUT2D eigenvalue weighted by Crippen LogP contribution is -2.18. The molecule has 0 saturated carbocycles. The lowest BCUT2D eigenvalue weighted by atomic mass is 10.5. The van der Waals surface area contributed by atoms with Gasteiger partial charge >= 0.3 is 12.0 Å². The summed E-state index contributed by atoms with van der Waals surface area (Å²) in [5, 5.41) is 23.9. The average Bonchev–Trinajstić information content (AvgIpc) is 3.01. The highest BCUT2D eigenvalue weighted by Crippen LogP contribution is 2.29. The molecule has 10 heteroatoms. The first-order valence-electron chi connectivity index (χ1n) is 5.39. The van der Waals surface area contributed by atoms with Gasteiger partial charge in [0, 0.05) is 0 Å². The van der Waals surface area contributed by atoms with E-state index in [4.69, 9.17) is 5.11 Å². The Labute approximate surface area is 126 Å². The summed E-state index contributed by atoms with van der Waals surface area (Å²) in [7, 11) is 0. The van der Waals surface area contributed by atoms with E-state index in [1.807, 2.05) is 11.4 Å². The fourth-order valence-corrected chi connectivity index (χ4v) is 3.54. The molecule has 1 atom stereocenters. The number of nitrogens with one attached hydrogen (secondary N) is 2. The van der Waals surface area contributed by atoms with Crippen LogP contribution < -0.4 is 10.6 Å². The Hall–Kier alpha value is -1.65. The number of carboxylic acids is 1. The van der Waals surface area contributed by atoms with Gasteiger partial charge in [0.05, 0.1) is 5.00 Å². The number of carbonyl (C=O) groups excluding carboxylic acids is 1. The summed E-state index contributed by atoms with van der Waals surface area (Å²) in [6.07, 6.45) is 0. The van der Waals surface area contributed by atoms with Crippen molar-refractivity contribution in [2.45, 2.75) is 16.5 Å². The monoisotopic (exact) mass is 330 g/mol. The summed E-state index contributed by atoms with van der Waals surface area (Å²) in [5.74, 6) is -0.921. The molecular weight excluding hydrogens is 320 g/mol. The maximum atomic E-state index is 11.6. The van der Waals surface area contributed by atoms with Crippen LogP contribution in [0.4, 0.5) is 14.9 Å². The van der Waals surface area contributed by atoms with Crippen LogP contribution in [-0.2, 0) is 4.79 Å². The van der Waals surface area contributed by atoms with Crippen molar-refractivity contribution in [2.24, 2.45) is 0 Å². The van der Waals surface area contributed by atoms with Gasteiger partial charge in [0.25, 0.3) is 0 Å². The Balaban J connectivity index is 1.89. The molecule has 0 unspecified atom stereocenters. The number of carboxylic acid groups (broad SMARTS) is 1. The third-order valence-electron chi connectivity index (χ3n) is 2.01. The molecule has 2 aromatic rings. The predicted molar refractivity (Wildman–Crippen MR) is 79.8 cm³/mol. The molecule has 0 aliphatic heterocycles. The zero-order chi connectivity index (χ0) is 14.5. The first kappa shape index (κ1) is 14.8. The third-order valence-corrected chi connectivity index (χ3v) is 4.81. The molecular formula is C10H10N4O3S3. The quantitative estimate of drug-likeness (QED) is 0.575. The van der Waals surface area contributed by atoms with Crippen LogP contribution in [0.2, 0.25) is 0 Å². The van der Waals surface area contributed by atoms with Gasteiger partial charge in [-0.15, -0.1) is 21.5 Å². The van der Waals surface area contributed by atoms with Crippen LogP contribution in [0.25, 0.3) is 0 Å². The Kier molecular flexibility index (Phi) is 4.93. The van der Waals surface area contributed by atoms with Crippen molar-refractivity contribution in [2.75, 3.05) is 10.6 Å². The normalized spacial score (nSPS) is 11.8. The zero-order valence-electron chi connectivity index (χ0n) is 10.2. The number of nitrogens with zero attached hydrogens (tertiary/aromatic N) is 2. The molecule has 2 aromatic heterocycles. The molecule has 0 aliphatic carbocycles. The van der Waals surface area contributed by atoms with Crippen LogP contribution in [0.15, 0.2) is 21.9 Å². The average molecular weight is 330 g/mol. The summed E-state index contributed by atoms with van der Waals surface area (Å²) in [5.41, 5.74) is 0. The molecule has 0 radical (unpaired) electrons. The first-order valence-corrected chi connectivity index (χ1v) is 7.96. The number of aliphatic carboxylic acids is 1. The zero-order valence-corrected chi connectivity index (χ0v) is 12.6. The molecule has 0 aromatic carbocycles. The van der Waals surface area contributed by atoms with Crippen molar-refractivity contribution in [1.29, 1.82) is 0 Å². The summed E-state index contributed by atoms with van der Waals surface area (Å²) >= 11 is 3.61. The smallest absolute Gasteiger partial charge is 0.326 e. The lowest BCUT2D eigenvalue weighted by Gasteiger charge is -2.01. The SMILES string of the molecule is C[C@H](Sc1nnc(NC(=O)Nc2cccs2)s1)C(=O)O. The molecule has 3 N–H and O–H groups in total. The van der Waals surface area contributed by atoms with E-state index >= 15 is 0 Å². The van der Waals surface area contributed by atoms with Crippen molar-refractivity contribution in [3.8, 4) is 0 Å². The van der Waals surface area contributed by atoms with Crippen molar-refractivity contribution >= 4 is 56.6 Å². The van der Waals surface area contributed by atoms with Gasteiger partial charge in [-0.2, -0.15) is 0 Å². The fourth-order valence-electron chi connectivity index (χ4n) is 1.10. The summed E-state index contributed by atoms with van der Waals surface area (Å²) in [4.78, 5) is 22.4. The number of hydrogen-bond donors (Lipinski definition) is 3. The van der Waals surface area contributed by atoms with Crippen molar-refractivity contribution in [3.05, 3.63) is 17.5 Å². The molecule has 0 fully saturated rings. The molecule has 0 spiro atoms. The summed E-state index contributed by atoms with van der Waals surface area (Å²) in [6, 6.07) is 3.19. The number of anilines is 2. The molecule has 2 heterocycles. The van der Waals surface area contributed by atoms with Gasteiger partial charge in [-0.3, -0.25) is 15.4 Å². The van der Waals surface area contributed by atoms with Gasteiger partial charge in [-0.25, -0.2) is 4.79 Å². The van der Waals surface area contributed by atoms with Gasteiger partial charge < -0.3 is 5.11 Å². The maximum absolute atomic E-state index is 11.6. The van der Waals surface area contributed by atoms with Crippen LogP contribution in [0, 0.1) is 0 Å². The van der Waals surface area contributed by atoms with Gasteiger partial charge in [0.1, 0.15) is 5.25 Å². The van der Waals surface area contributed by atoms with Crippen LogP contribution in [0.3, 0.4) is 0 Å². The topological polar surface area (TPSA) is 104 Å². The number of urea groups is 1. The van der Waals surface area contributed by atoms with E-state index in [1.165, 1.54) is 11.3 Å². The van der Waals surface area contributed by atoms with E-state index in [0.29, 0.717) is 9.47 Å². The Morgan fingerprint density at radius 2 is 2.20 bits per heavy atom. The van der Waals surface area contributed by atoms with Crippen LogP contribution >= 0.6 is 34.4 Å². The number of amides is 2. The maximum Gasteiger partial charge on any atom is 0.326 e. The number of rotatable bonds is 5. The third kappa shape index (κ3) is 4.18. The minimum atomic E-state index is -0.921. The van der Waals surface area contributed by atoms with Crippen LogP contribution in [0.5, 0.6) is 0 Å². The van der Waals surface area contributed by atoms with Crippen molar-refractivity contribution < 1.29 is 14.7 Å². The molecule has 2 amide bonds. The van der Waals surface area contributed by atoms with Gasteiger partial charge in [0.15, 0.2) is 4.34 Å². The van der Waals surface area contributed by atoms with Crippen LogP contribution in [0.1, 0.15) is 6.92 Å². The molecule has 0 aliphatic rings. The summed E-state index contributed by atoms with van der Waals surface area (Å²) < 4.78 is 0.492. The standard InChI is InChI=1S/C10H10N4O3S3/c1-5(7(15)16)19-10-14-13-9(20-10)12-8(17)11-6-3-2-4-18-6/h2-5H,1H3,(H,15,16)(H2,11,12,13,17)/t5-/m0/s1. The number of thioether (sulfide) groups is 1. The highest BCUT2D eigenvalue weighted by molar-refractivity contribution is 8.02. The van der Waals surface area contributed by atoms with E-state index < -0.39 is 17.3 Å². The molecule has 0 saturated heterocycles. The molecule has 7 nitrogen and oxygen atoms in total. The highest BCUT2D eigenvalue weighted by Gasteiger charge is 2.16. The van der Waals surface area contributed by atoms with E-state index in [2.05, 4.69) is 20.8 Å². The van der Waals surface area contributed by atoms with E-state index in [1.54, 1.807) is 13.0 Å². The molecule has 0 bridgehead atoms. The minimum Gasteiger partial charge on any atom is -0.480 e. The second-order valence-electron chi connectivity index (χ2n) is 3.53. The number of carbonyl (C=O) groups is 2. The van der Waals surface area contributed by atoms with E-state index in [9.17, 15) is 9.59 Å². The fraction of sp³-hybridized carbons (Fsp3) is 0.200. The van der Waals surface area contributed by atoms with E-state index in [0.717, 1.165) is 28.1 Å². The second-order valence-corrected chi connectivity index (χ2v) is 7.04. The van der Waals surface area contributed by atoms with Crippen molar-refractivity contribution in [3.63, 3.8) is 0 Å². The second kappa shape index (κ2) is 6.68. The Morgan fingerprint density at radius 1 is 1.40 bits per heavy atom. The predicted octanol–water partition coefficient (Wildman–Crippen LogP) is 2.81. The van der Waals surface area contributed by atoms with Crippen molar-refractivity contribution in [1.82, 2.24) is 10.2 Å². The van der Waals surface area contributed by atoms with Gasteiger partial charge in [0.2, 0.25) is 5.13 Å². The van der Waals surface area contributed by atoms with Crippen LogP contribution in [-0.4, -0.2) is 32.6 Å². The lowest BCUT2D eigenvalue weighted by molar-refractivity contribution is -0.136. The van der Waals surface area contributed by atoms with E-state index in [-0.39, 0.29) is 0 Å². The molecule has 20 heavy (non-hydrogen) atoms. The number of hydrogen-bond acceptors (Lipinski definition) is 7. The molecule has 2 rings (SSSR count). The Morgan fingerprint density at radius 3 is 2.85 bits per heavy atom. The Bertz CT molecular complexity index is 599. The highest BCUT2D eigenvalue weighted by atomic mass is 32.2. The number of aromatic nitrogens is 2. The molecule has 106 valence electrons. The van der Waals surface area contributed by atoms with Gasteiger partial charge in [-0.05, 0) is 24.4 Å². The largest absolute Gasteiger partial charge is 0.480 e. The summed E-state index contributed by atoms with van der Waals surface area (Å²) in [6.45, 7) is 1.56. The minimum absolute atomic E-state index is 0.319. The number of thiophene rings is 1.